The molecule has 1 aromatic heterocycles. The molecule has 0 spiro atoms. The zero-order valence-corrected chi connectivity index (χ0v) is 22.1. The maximum absolute atomic E-state index is 11.5. The molecule has 1 saturated carbocycles. The van der Waals surface area contributed by atoms with Gasteiger partial charge in [-0.3, -0.25) is 14.5 Å². The fraction of sp³-hybridized carbons (Fsp3) is 0.452. The third-order valence-corrected chi connectivity index (χ3v) is 7.76. The van der Waals surface area contributed by atoms with Crippen LogP contribution in [0.1, 0.15) is 70.8 Å². The Balaban J connectivity index is 1.36. The van der Waals surface area contributed by atoms with Gasteiger partial charge in [-0.15, -0.1) is 0 Å². The van der Waals surface area contributed by atoms with Gasteiger partial charge in [0.05, 0.1) is 0 Å². The first kappa shape index (κ1) is 25.2. The van der Waals surface area contributed by atoms with Crippen LogP contribution in [0.3, 0.4) is 0 Å². The lowest BCUT2D eigenvalue weighted by atomic mass is 9.88. The predicted molar refractivity (Wildman–Crippen MR) is 149 cm³/mol. The average Bonchev–Trinajstić information content (AvgIpc) is 3.36. The van der Waals surface area contributed by atoms with E-state index in [0.29, 0.717) is 5.82 Å². The highest BCUT2D eigenvalue weighted by Gasteiger charge is 2.24. The van der Waals surface area contributed by atoms with Gasteiger partial charge in [0, 0.05) is 30.4 Å². The molecule has 3 aromatic rings. The van der Waals surface area contributed by atoms with Crippen LogP contribution in [0, 0.1) is 5.92 Å². The Labute approximate surface area is 219 Å². The number of aromatic amines is 1. The lowest BCUT2D eigenvalue weighted by molar-refractivity contribution is 0.215. The summed E-state index contributed by atoms with van der Waals surface area (Å²) in [5, 5.41) is 3.89. The van der Waals surface area contributed by atoms with Gasteiger partial charge in [-0.1, -0.05) is 86.3 Å². The van der Waals surface area contributed by atoms with Crippen molar-refractivity contribution in [2.45, 2.75) is 77.8 Å². The molecule has 0 amide bonds. The zero-order valence-electron chi connectivity index (χ0n) is 22.1. The highest BCUT2D eigenvalue weighted by molar-refractivity contribution is 6.01. The molecule has 0 saturated heterocycles. The molecule has 0 radical (unpaired) electrons. The standard InChI is InChI=1S/C31H38N4O2/c1-3-4-14-29-26(21-35(22(2)32-29)20-24-10-6-5-7-11-24)19-23-15-17-25(18-16-23)27-12-8-9-13-28(27)30-33-31(36)37-34-30/h8-9,12-13,15-18,21-22,24H,3-7,10-11,14,19-20H2,1-2H3,(H,33,34,36). The van der Waals surface area contributed by atoms with E-state index >= 15 is 0 Å². The summed E-state index contributed by atoms with van der Waals surface area (Å²) >= 11 is 0. The summed E-state index contributed by atoms with van der Waals surface area (Å²) in [6.07, 6.45) is 13.8. The molecule has 194 valence electrons. The number of allylic oxidation sites excluding steroid dienone is 1. The summed E-state index contributed by atoms with van der Waals surface area (Å²) in [6.45, 7) is 5.61. The number of hydrogen-bond donors (Lipinski definition) is 1. The second kappa shape index (κ2) is 11.8. The van der Waals surface area contributed by atoms with E-state index in [-0.39, 0.29) is 6.17 Å². The Hall–Kier alpha value is -3.41. The molecule has 2 aromatic carbocycles. The van der Waals surface area contributed by atoms with Gasteiger partial charge in [0.2, 0.25) is 0 Å². The zero-order chi connectivity index (χ0) is 25.6. The van der Waals surface area contributed by atoms with E-state index in [2.05, 4.69) is 59.4 Å². The maximum Gasteiger partial charge on any atom is 0.439 e. The van der Waals surface area contributed by atoms with Crippen LogP contribution in [-0.2, 0) is 6.42 Å². The van der Waals surface area contributed by atoms with Crippen molar-refractivity contribution in [3.63, 3.8) is 0 Å². The first-order valence-electron chi connectivity index (χ1n) is 13.9. The van der Waals surface area contributed by atoms with Crippen LogP contribution < -0.4 is 5.76 Å². The second-order valence-electron chi connectivity index (χ2n) is 10.5. The second-order valence-corrected chi connectivity index (χ2v) is 10.5. The molecule has 1 aliphatic heterocycles. The molecule has 1 atom stereocenters. The third kappa shape index (κ3) is 6.12. The predicted octanol–water partition coefficient (Wildman–Crippen LogP) is 7.00. The summed E-state index contributed by atoms with van der Waals surface area (Å²) in [6, 6.07) is 16.6. The number of rotatable bonds is 9. The SMILES string of the molecule is CCCCC1=NC(C)N(CC2CCCCC2)C=C1Cc1ccc(-c2ccccc2-c2noc(=O)[nH]2)cc1. The van der Waals surface area contributed by atoms with Crippen LogP contribution >= 0.6 is 0 Å². The summed E-state index contributed by atoms with van der Waals surface area (Å²) in [5.41, 5.74) is 6.84. The van der Waals surface area contributed by atoms with Crippen molar-refractivity contribution in [2.24, 2.45) is 10.9 Å². The molecular weight excluding hydrogens is 460 g/mol. The van der Waals surface area contributed by atoms with Crippen molar-refractivity contribution in [1.29, 1.82) is 0 Å². The van der Waals surface area contributed by atoms with Crippen LogP contribution in [0.2, 0.25) is 0 Å². The molecule has 6 heteroatoms. The first-order valence-corrected chi connectivity index (χ1v) is 13.9. The summed E-state index contributed by atoms with van der Waals surface area (Å²) < 4.78 is 4.73. The van der Waals surface area contributed by atoms with E-state index in [1.807, 2.05) is 24.3 Å². The van der Waals surface area contributed by atoms with E-state index in [1.54, 1.807) is 0 Å². The van der Waals surface area contributed by atoms with Crippen molar-refractivity contribution in [2.75, 3.05) is 6.54 Å². The van der Waals surface area contributed by atoms with Crippen molar-refractivity contribution in [1.82, 2.24) is 15.0 Å². The monoisotopic (exact) mass is 498 g/mol. The minimum Gasteiger partial charge on any atom is -0.356 e. The number of aliphatic imine (C=N–C) groups is 1. The Morgan fingerprint density at radius 2 is 1.78 bits per heavy atom. The van der Waals surface area contributed by atoms with Crippen molar-refractivity contribution >= 4 is 5.71 Å². The Morgan fingerprint density at radius 1 is 1.03 bits per heavy atom. The van der Waals surface area contributed by atoms with Crippen LogP contribution in [0.5, 0.6) is 0 Å². The van der Waals surface area contributed by atoms with E-state index < -0.39 is 5.76 Å². The summed E-state index contributed by atoms with van der Waals surface area (Å²) in [4.78, 5) is 21.8. The van der Waals surface area contributed by atoms with E-state index in [0.717, 1.165) is 42.0 Å². The van der Waals surface area contributed by atoms with Crippen LogP contribution in [0.15, 0.2) is 74.6 Å². The smallest absolute Gasteiger partial charge is 0.356 e. The number of aromatic nitrogens is 2. The van der Waals surface area contributed by atoms with E-state index in [9.17, 15) is 4.79 Å². The minimum absolute atomic E-state index is 0.222. The molecule has 2 heterocycles. The first-order chi connectivity index (χ1) is 18.1. The van der Waals surface area contributed by atoms with Crippen molar-refractivity contribution < 1.29 is 4.52 Å². The molecule has 1 N–H and O–H groups in total. The topological polar surface area (TPSA) is 74.5 Å². The molecule has 1 aliphatic carbocycles. The van der Waals surface area contributed by atoms with Gasteiger partial charge in [-0.2, -0.15) is 0 Å². The fourth-order valence-electron chi connectivity index (χ4n) is 5.66. The Kier molecular flexibility index (Phi) is 8.02. The van der Waals surface area contributed by atoms with Gasteiger partial charge in [0.15, 0.2) is 5.82 Å². The Morgan fingerprint density at radius 3 is 2.49 bits per heavy atom. The number of nitrogens with zero attached hydrogens (tertiary/aromatic N) is 3. The van der Waals surface area contributed by atoms with Gasteiger partial charge in [-0.05, 0) is 60.8 Å². The summed E-state index contributed by atoms with van der Waals surface area (Å²) in [5.74, 6) is 0.689. The van der Waals surface area contributed by atoms with Gasteiger partial charge in [0.1, 0.15) is 6.17 Å². The van der Waals surface area contributed by atoms with Crippen LogP contribution in [0.4, 0.5) is 0 Å². The highest BCUT2D eigenvalue weighted by atomic mass is 16.5. The molecule has 37 heavy (non-hydrogen) atoms. The number of unbranched alkanes of at least 4 members (excludes halogenated alkanes) is 1. The Bertz CT molecular complexity index is 1290. The number of H-pyrrole nitrogens is 1. The molecule has 2 aliphatic rings. The molecule has 1 fully saturated rings. The van der Waals surface area contributed by atoms with Crippen LogP contribution in [0.25, 0.3) is 22.5 Å². The molecule has 0 bridgehead atoms. The number of nitrogens with one attached hydrogen (secondary N) is 1. The quantitative estimate of drug-likeness (QED) is 0.345. The molecule has 5 rings (SSSR count). The number of benzene rings is 2. The fourth-order valence-corrected chi connectivity index (χ4v) is 5.66. The molecular formula is C31H38N4O2. The van der Waals surface area contributed by atoms with Crippen molar-refractivity contribution in [3.8, 4) is 22.5 Å². The number of hydrogen-bond acceptors (Lipinski definition) is 5. The largest absolute Gasteiger partial charge is 0.439 e. The molecule has 6 nitrogen and oxygen atoms in total. The maximum atomic E-state index is 11.5. The molecule has 1 unspecified atom stereocenters. The van der Waals surface area contributed by atoms with Crippen molar-refractivity contribution in [3.05, 3.63) is 76.4 Å². The van der Waals surface area contributed by atoms with E-state index in [4.69, 9.17) is 9.52 Å². The third-order valence-electron chi connectivity index (χ3n) is 7.76. The van der Waals surface area contributed by atoms with Gasteiger partial charge < -0.3 is 4.90 Å². The van der Waals surface area contributed by atoms with E-state index in [1.165, 1.54) is 61.8 Å². The van der Waals surface area contributed by atoms with Gasteiger partial charge in [0.25, 0.3) is 0 Å². The average molecular weight is 499 g/mol. The highest BCUT2D eigenvalue weighted by Crippen LogP contribution is 2.31. The summed E-state index contributed by atoms with van der Waals surface area (Å²) in [7, 11) is 0. The lowest BCUT2D eigenvalue weighted by Crippen LogP contribution is -2.37. The lowest BCUT2D eigenvalue weighted by Gasteiger charge is -2.35. The van der Waals surface area contributed by atoms with Crippen LogP contribution in [-0.4, -0.2) is 33.5 Å². The minimum atomic E-state index is -0.548. The normalized spacial score (nSPS) is 18.5. The van der Waals surface area contributed by atoms with Gasteiger partial charge in [-0.25, -0.2) is 4.79 Å². The van der Waals surface area contributed by atoms with Gasteiger partial charge >= 0.3 is 5.76 Å².